The predicted octanol–water partition coefficient (Wildman–Crippen LogP) is 4.08. The second-order valence-electron chi connectivity index (χ2n) is 9.47. The first kappa shape index (κ1) is 20.4. The fourth-order valence-corrected chi connectivity index (χ4v) is 5.18. The van der Waals surface area contributed by atoms with Crippen LogP contribution < -0.4 is 0 Å². The van der Waals surface area contributed by atoms with Crippen LogP contribution in [0.3, 0.4) is 0 Å². The van der Waals surface area contributed by atoms with Crippen molar-refractivity contribution in [3.63, 3.8) is 0 Å². The summed E-state index contributed by atoms with van der Waals surface area (Å²) in [6.45, 7) is 8.10. The van der Waals surface area contributed by atoms with E-state index in [0.29, 0.717) is 24.8 Å². The fraction of sp³-hybridized carbons (Fsp3) is 0.667. The quantitative estimate of drug-likeness (QED) is 0.412. The van der Waals surface area contributed by atoms with Gasteiger partial charge in [0.1, 0.15) is 17.3 Å². The molecule has 0 radical (unpaired) electrons. The summed E-state index contributed by atoms with van der Waals surface area (Å²) < 4.78 is 0. The van der Waals surface area contributed by atoms with Crippen molar-refractivity contribution in [2.75, 3.05) is 6.61 Å². The zero-order valence-electron chi connectivity index (χ0n) is 16.9. The highest BCUT2D eigenvalue weighted by molar-refractivity contribution is 5.86. The number of hydrogen-bond acceptors (Lipinski definition) is 6. The molecular weight excluding hydrogens is 362 g/mol. The zero-order valence-corrected chi connectivity index (χ0v) is 16.9. The highest BCUT2D eigenvalue weighted by Gasteiger charge is 2.59. The summed E-state index contributed by atoms with van der Waals surface area (Å²) in [5.41, 5.74) is 0.714. The van der Waals surface area contributed by atoms with Crippen LogP contribution in [-0.4, -0.2) is 27.7 Å². The molecule has 3 atom stereocenters. The molecule has 0 saturated heterocycles. The molecule has 3 saturated carbocycles. The van der Waals surface area contributed by atoms with Gasteiger partial charge in [0.2, 0.25) is 0 Å². The van der Waals surface area contributed by atoms with Gasteiger partial charge >= 0.3 is 0 Å². The summed E-state index contributed by atoms with van der Waals surface area (Å²) in [5.74, 6) is 0.444. The Morgan fingerprint density at radius 3 is 2.39 bits per heavy atom. The van der Waals surface area contributed by atoms with Gasteiger partial charge in [-0.2, -0.15) is 0 Å². The van der Waals surface area contributed by atoms with Crippen molar-refractivity contribution < 1.29 is 24.9 Å². The Hall–Kier alpha value is -2.31. The first-order valence-corrected chi connectivity index (χ1v) is 9.81. The number of phenolic OH excluding ortho intramolecular Hbond substituents is 2. The molecule has 7 nitrogen and oxygen atoms in total. The Morgan fingerprint density at radius 1 is 1.29 bits per heavy atom. The maximum Gasteiger partial charge on any atom is 0.294 e. The minimum Gasteiger partial charge on any atom is -0.508 e. The van der Waals surface area contributed by atoms with Crippen molar-refractivity contribution in [1.29, 1.82) is 0 Å². The molecule has 0 aliphatic heterocycles. The van der Waals surface area contributed by atoms with Crippen molar-refractivity contribution in [2.24, 2.45) is 17.3 Å². The average molecular weight is 391 g/mol. The second kappa shape index (κ2) is 6.94. The van der Waals surface area contributed by atoms with Crippen LogP contribution in [0.2, 0.25) is 0 Å². The number of carbonyl (C=O) groups excluding carboxylic acids is 1. The third-order valence-electron chi connectivity index (χ3n) is 7.07. The standard InChI is InChI=1S/C21H29NO6/c1-20(2,6-5-7-28-22(26)27)12-8-17(24)19(18(25)9-12)13-10-16(23)15-11-14(13)21(15,3)4/h8-9,13-15,24-25H,5-7,10-11H2,1-4H3/t13-,14-,15+/m0/s1. The van der Waals surface area contributed by atoms with Crippen molar-refractivity contribution in [3.05, 3.63) is 33.4 Å². The molecule has 0 amide bonds. The fourth-order valence-electron chi connectivity index (χ4n) is 5.18. The molecule has 2 N–H and O–H groups in total. The lowest BCUT2D eigenvalue weighted by atomic mass is 9.44. The molecule has 0 unspecified atom stereocenters. The van der Waals surface area contributed by atoms with Crippen LogP contribution in [0, 0.1) is 27.4 Å². The van der Waals surface area contributed by atoms with E-state index in [1.807, 2.05) is 13.8 Å². The smallest absolute Gasteiger partial charge is 0.294 e. The van der Waals surface area contributed by atoms with Crippen molar-refractivity contribution in [1.82, 2.24) is 0 Å². The molecule has 3 aliphatic carbocycles. The van der Waals surface area contributed by atoms with Crippen LogP contribution in [0.5, 0.6) is 11.5 Å². The van der Waals surface area contributed by atoms with E-state index in [2.05, 4.69) is 18.7 Å². The first-order valence-electron chi connectivity index (χ1n) is 9.81. The van der Waals surface area contributed by atoms with Crippen molar-refractivity contribution in [2.45, 2.75) is 64.7 Å². The zero-order chi connectivity index (χ0) is 20.9. The maximum atomic E-state index is 12.5. The van der Waals surface area contributed by atoms with Crippen LogP contribution in [-0.2, 0) is 15.0 Å². The van der Waals surface area contributed by atoms with Gasteiger partial charge in [-0.3, -0.25) is 4.79 Å². The monoisotopic (exact) mass is 391 g/mol. The van der Waals surface area contributed by atoms with Gasteiger partial charge in [-0.25, -0.2) is 0 Å². The van der Waals surface area contributed by atoms with E-state index in [1.54, 1.807) is 12.1 Å². The Morgan fingerprint density at radius 2 is 1.89 bits per heavy atom. The molecule has 28 heavy (non-hydrogen) atoms. The molecule has 154 valence electrons. The van der Waals surface area contributed by atoms with Gasteiger partial charge in [-0.1, -0.05) is 27.7 Å². The number of aromatic hydroxyl groups is 2. The number of nitrogens with zero attached hydrogens (tertiary/aromatic N) is 1. The van der Waals surface area contributed by atoms with Crippen molar-refractivity contribution >= 4 is 5.78 Å². The minimum absolute atomic E-state index is 0.00852. The molecular formula is C21H29NO6. The summed E-state index contributed by atoms with van der Waals surface area (Å²) in [6, 6.07) is 3.32. The number of rotatable bonds is 7. The second-order valence-corrected chi connectivity index (χ2v) is 9.47. The van der Waals surface area contributed by atoms with E-state index in [9.17, 15) is 25.1 Å². The molecule has 0 spiro atoms. The van der Waals surface area contributed by atoms with Gasteiger partial charge in [0.15, 0.2) is 0 Å². The largest absolute Gasteiger partial charge is 0.508 e. The lowest BCUT2D eigenvalue weighted by molar-refractivity contribution is -0.757. The van der Waals surface area contributed by atoms with E-state index in [4.69, 9.17) is 0 Å². The molecule has 1 aromatic rings. The van der Waals surface area contributed by atoms with Gasteiger partial charge in [0.25, 0.3) is 5.09 Å². The maximum absolute atomic E-state index is 12.5. The topological polar surface area (TPSA) is 110 Å². The number of phenols is 2. The SMILES string of the molecule is CC(C)(CCCO[N+](=O)[O-])c1cc(O)c([C@H]2CC(=O)[C@H]3C[C@@H]2C3(C)C)c(O)c1. The van der Waals surface area contributed by atoms with E-state index in [1.165, 1.54) is 0 Å². The van der Waals surface area contributed by atoms with Gasteiger partial charge in [0.05, 0.1) is 6.61 Å². The molecule has 2 bridgehead atoms. The Labute approximate surface area is 164 Å². The van der Waals surface area contributed by atoms with Gasteiger partial charge in [-0.15, -0.1) is 10.1 Å². The summed E-state index contributed by atoms with van der Waals surface area (Å²) in [4.78, 5) is 27.1. The first-order chi connectivity index (χ1) is 12.9. The third kappa shape index (κ3) is 3.42. The summed E-state index contributed by atoms with van der Waals surface area (Å²) >= 11 is 0. The molecule has 0 heterocycles. The van der Waals surface area contributed by atoms with E-state index in [-0.39, 0.29) is 47.1 Å². The lowest BCUT2D eigenvalue weighted by Gasteiger charge is -2.59. The number of fused-ring (bicyclic) bond motifs is 2. The third-order valence-corrected chi connectivity index (χ3v) is 7.07. The van der Waals surface area contributed by atoms with Crippen LogP contribution >= 0.6 is 0 Å². The molecule has 4 rings (SSSR count). The molecule has 0 aromatic heterocycles. The molecule has 1 aromatic carbocycles. The predicted molar refractivity (Wildman–Crippen MR) is 103 cm³/mol. The normalized spacial score (nSPS) is 25.9. The van der Waals surface area contributed by atoms with E-state index >= 15 is 0 Å². The summed E-state index contributed by atoms with van der Waals surface area (Å²) in [5, 5.41) is 30.9. The number of ketones is 1. The Bertz CT molecular complexity index is 777. The van der Waals surface area contributed by atoms with Gasteiger partial charge < -0.3 is 15.1 Å². The van der Waals surface area contributed by atoms with Gasteiger partial charge in [-0.05, 0) is 53.7 Å². The van der Waals surface area contributed by atoms with Crippen molar-refractivity contribution in [3.8, 4) is 11.5 Å². The highest BCUT2D eigenvalue weighted by atomic mass is 16.9. The van der Waals surface area contributed by atoms with E-state index in [0.717, 1.165) is 12.0 Å². The number of Topliss-reactive ketones (excluding diaryl/α,β-unsaturated/α-hetero) is 1. The number of carbonyl (C=O) groups is 1. The van der Waals surface area contributed by atoms with Crippen LogP contribution in [0.1, 0.15) is 70.4 Å². The number of hydrogen-bond donors (Lipinski definition) is 2. The Balaban J connectivity index is 1.81. The summed E-state index contributed by atoms with van der Waals surface area (Å²) in [6.07, 6.45) is 2.25. The average Bonchev–Trinajstić information content (AvgIpc) is 2.57. The number of benzene rings is 1. The van der Waals surface area contributed by atoms with Crippen LogP contribution in [0.15, 0.2) is 12.1 Å². The molecule has 7 heteroatoms. The Kier molecular flexibility index (Phi) is 5.06. The highest BCUT2D eigenvalue weighted by Crippen LogP contribution is 2.64. The molecule has 3 fully saturated rings. The summed E-state index contributed by atoms with van der Waals surface area (Å²) in [7, 11) is 0. The van der Waals surface area contributed by atoms with Gasteiger partial charge in [0, 0.05) is 23.8 Å². The van der Waals surface area contributed by atoms with E-state index < -0.39 is 10.5 Å². The lowest BCUT2D eigenvalue weighted by Crippen LogP contribution is -2.56. The van der Waals surface area contributed by atoms with Crippen LogP contribution in [0.4, 0.5) is 0 Å². The minimum atomic E-state index is -0.808. The van der Waals surface area contributed by atoms with Crippen LogP contribution in [0.25, 0.3) is 0 Å². The molecule has 3 aliphatic rings.